The van der Waals surface area contributed by atoms with Crippen molar-refractivity contribution < 1.29 is 31.2 Å². The second kappa shape index (κ2) is 12.3. The lowest BCUT2D eigenvalue weighted by molar-refractivity contribution is -0.137. The van der Waals surface area contributed by atoms with E-state index < -0.39 is 39.6 Å². The van der Waals surface area contributed by atoms with Crippen molar-refractivity contribution in [2.45, 2.75) is 23.5 Å². The molecule has 3 N–H and O–H groups in total. The van der Waals surface area contributed by atoms with E-state index >= 15 is 0 Å². The quantitative estimate of drug-likeness (QED) is 0.232. The number of amides is 3. The summed E-state index contributed by atoms with van der Waals surface area (Å²) in [5.74, 6) is -0.653. The van der Waals surface area contributed by atoms with Crippen molar-refractivity contribution in [2.24, 2.45) is 0 Å². The first kappa shape index (κ1) is 29.3. The van der Waals surface area contributed by atoms with Gasteiger partial charge in [-0.15, -0.1) is 0 Å². The third kappa shape index (κ3) is 7.95. The number of hydrogen-bond donors (Lipinski definition) is 3. The lowest BCUT2D eigenvalue weighted by Gasteiger charge is -2.20. The second-order valence-electron chi connectivity index (χ2n) is 9.26. The highest BCUT2D eigenvalue weighted by atomic mass is 32.2. The fraction of sp³-hybridized carbons (Fsp3) is 0.133. The molecule has 3 amide bonds. The van der Waals surface area contributed by atoms with Crippen LogP contribution in [0.4, 0.5) is 29.3 Å². The first-order valence-electron chi connectivity index (χ1n) is 12.4. The van der Waals surface area contributed by atoms with Gasteiger partial charge >= 0.3 is 12.2 Å². The molecule has 1 atom stereocenters. The summed E-state index contributed by atoms with van der Waals surface area (Å²) in [6, 6.07) is 24.3. The van der Waals surface area contributed by atoms with Crippen LogP contribution in [0, 0.1) is 0 Å². The molecule has 4 aromatic carbocycles. The minimum atomic E-state index is -4.59. The van der Waals surface area contributed by atoms with Gasteiger partial charge in [0.1, 0.15) is 6.04 Å². The molecule has 0 aromatic heterocycles. The standard InChI is InChI=1S/C30H26F3N3O4S/c1-41(39,40)27-19-24(15-16-25(27)21-11-6-3-7-12-21)34-28(37)26(17-20-9-4-2-5-10-20)36-29(38)35-23-14-8-13-22(18-23)30(31,32)33/h2-16,18-19,26H,17H2,1H3,(H,34,37)(H2,35,36,38)/t26-/m0/s1. The third-order valence-electron chi connectivity index (χ3n) is 6.09. The van der Waals surface area contributed by atoms with E-state index in [0.29, 0.717) is 16.7 Å². The van der Waals surface area contributed by atoms with Crippen LogP contribution in [0.2, 0.25) is 0 Å². The molecule has 0 spiro atoms. The van der Waals surface area contributed by atoms with Gasteiger partial charge in [-0.1, -0.05) is 72.8 Å². The van der Waals surface area contributed by atoms with E-state index in [-0.39, 0.29) is 22.7 Å². The molecule has 0 unspecified atom stereocenters. The minimum Gasteiger partial charge on any atom is -0.326 e. The van der Waals surface area contributed by atoms with Crippen molar-refractivity contribution in [1.29, 1.82) is 0 Å². The smallest absolute Gasteiger partial charge is 0.326 e. The van der Waals surface area contributed by atoms with Crippen LogP contribution in [0.25, 0.3) is 11.1 Å². The molecule has 4 aromatic rings. The Morgan fingerprint density at radius 2 is 1.41 bits per heavy atom. The molecule has 7 nitrogen and oxygen atoms in total. The zero-order valence-corrected chi connectivity index (χ0v) is 22.6. The van der Waals surface area contributed by atoms with E-state index in [1.165, 1.54) is 12.1 Å². The molecule has 41 heavy (non-hydrogen) atoms. The molecule has 0 aliphatic heterocycles. The zero-order chi connectivity index (χ0) is 29.6. The van der Waals surface area contributed by atoms with E-state index in [0.717, 1.165) is 24.5 Å². The lowest BCUT2D eigenvalue weighted by Crippen LogP contribution is -2.47. The second-order valence-corrected chi connectivity index (χ2v) is 11.2. The van der Waals surface area contributed by atoms with Crippen molar-refractivity contribution in [1.82, 2.24) is 5.32 Å². The highest BCUT2D eigenvalue weighted by molar-refractivity contribution is 7.90. The van der Waals surface area contributed by atoms with Gasteiger partial charge in [0, 0.05) is 29.6 Å². The average molecular weight is 582 g/mol. The molecule has 11 heteroatoms. The number of hydrogen-bond acceptors (Lipinski definition) is 4. The van der Waals surface area contributed by atoms with Crippen LogP contribution in [-0.4, -0.2) is 32.7 Å². The highest BCUT2D eigenvalue weighted by Gasteiger charge is 2.30. The Kier molecular flexibility index (Phi) is 8.77. The molecule has 0 aliphatic carbocycles. The van der Waals surface area contributed by atoms with Crippen LogP contribution in [-0.2, 0) is 27.2 Å². The summed E-state index contributed by atoms with van der Waals surface area (Å²) in [5, 5.41) is 7.50. The van der Waals surface area contributed by atoms with Gasteiger partial charge in [0.15, 0.2) is 9.84 Å². The summed E-state index contributed by atoms with van der Waals surface area (Å²) >= 11 is 0. The summed E-state index contributed by atoms with van der Waals surface area (Å²) in [4.78, 5) is 26.1. The van der Waals surface area contributed by atoms with Gasteiger partial charge in [-0.25, -0.2) is 13.2 Å². The van der Waals surface area contributed by atoms with Gasteiger partial charge in [0.2, 0.25) is 5.91 Å². The van der Waals surface area contributed by atoms with Crippen LogP contribution in [0.3, 0.4) is 0 Å². The van der Waals surface area contributed by atoms with Gasteiger partial charge in [-0.3, -0.25) is 4.79 Å². The first-order chi connectivity index (χ1) is 19.4. The topological polar surface area (TPSA) is 104 Å². The van der Waals surface area contributed by atoms with Crippen LogP contribution >= 0.6 is 0 Å². The van der Waals surface area contributed by atoms with Gasteiger partial charge < -0.3 is 16.0 Å². The first-order valence-corrected chi connectivity index (χ1v) is 14.3. The average Bonchev–Trinajstić information content (AvgIpc) is 2.93. The number of nitrogens with one attached hydrogen (secondary N) is 3. The van der Waals surface area contributed by atoms with E-state index in [1.54, 1.807) is 72.8 Å². The molecular weight excluding hydrogens is 555 g/mol. The Balaban J connectivity index is 1.57. The predicted octanol–water partition coefficient (Wildman–Crippen LogP) is 6.15. The van der Waals surface area contributed by atoms with E-state index in [1.807, 2.05) is 0 Å². The number of halogens is 3. The fourth-order valence-corrected chi connectivity index (χ4v) is 5.08. The van der Waals surface area contributed by atoms with Crippen LogP contribution in [0.5, 0.6) is 0 Å². The summed E-state index contributed by atoms with van der Waals surface area (Å²) in [6.45, 7) is 0. The molecule has 0 fully saturated rings. The van der Waals surface area contributed by atoms with E-state index in [2.05, 4.69) is 16.0 Å². The predicted molar refractivity (Wildman–Crippen MR) is 151 cm³/mol. The summed E-state index contributed by atoms with van der Waals surface area (Å²) in [7, 11) is -3.69. The number of urea groups is 1. The molecule has 0 saturated heterocycles. The number of alkyl halides is 3. The van der Waals surface area contributed by atoms with Gasteiger partial charge in [0.25, 0.3) is 0 Å². The minimum absolute atomic E-state index is 0.0105. The number of rotatable bonds is 8. The highest BCUT2D eigenvalue weighted by Crippen LogP contribution is 2.31. The SMILES string of the molecule is CS(=O)(=O)c1cc(NC(=O)[C@H](Cc2ccccc2)NC(=O)Nc2cccc(C(F)(F)F)c2)ccc1-c1ccccc1. The molecular formula is C30H26F3N3O4S. The van der Waals surface area contributed by atoms with Crippen LogP contribution in [0.1, 0.15) is 11.1 Å². The monoisotopic (exact) mass is 581 g/mol. The molecule has 0 aliphatic rings. The molecule has 212 valence electrons. The Hall–Kier alpha value is -4.64. The van der Waals surface area contributed by atoms with Gasteiger partial charge in [-0.2, -0.15) is 13.2 Å². The fourth-order valence-electron chi connectivity index (χ4n) is 4.15. The zero-order valence-electron chi connectivity index (χ0n) is 21.8. The molecule has 0 radical (unpaired) electrons. The molecule has 0 saturated carbocycles. The third-order valence-corrected chi connectivity index (χ3v) is 7.22. The lowest BCUT2D eigenvalue weighted by atomic mass is 10.0. The molecule has 0 bridgehead atoms. The van der Waals surface area contributed by atoms with Crippen molar-refractivity contribution in [3.8, 4) is 11.1 Å². The summed E-state index contributed by atoms with van der Waals surface area (Å²) in [5.41, 5.74) is 1.00. The van der Waals surface area contributed by atoms with Crippen molar-refractivity contribution >= 4 is 33.2 Å². The maximum absolute atomic E-state index is 13.4. The van der Waals surface area contributed by atoms with E-state index in [4.69, 9.17) is 0 Å². The maximum Gasteiger partial charge on any atom is 0.416 e. The number of anilines is 2. The van der Waals surface area contributed by atoms with Crippen molar-refractivity contribution in [2.75, 3.05) is 16.9 Å². The molecule has 0 heterocycles. The van der Waals surface area contributed by atoms with Gasteiger partial charge in [0.05, 0.1) is 10.5 Å². The van der Waals surface area contributed by atoms with Crippen molar-refractivity contribution in [3.05, 3.63) is 114 Å². The van der Waals surface area contributed by atoms with Crippen LogP contribution in [0.15, 0.2) is 108 Å². The molecule has 4 rings (SSSR count). The van der Waals surface area contributed by atoms with Crippen molar-refractivity contribution in [3.63, 3.8) is 0 Å². The maximum atomic E-state index is 13.4. The van der Waals surface area contributed by atoms with E-state index in [9.17, 15) is 31.2 Å². The largest absolute Gasteiger partial charge is 0.416 e. The Morgan fingerprint density at radius 3 is 2.05 bits per heavy atom. The Labute approximate surface area is 235 Å². The van der Waals surface area contributed by atoms with Crippen LogP contribution < -0.4 is 16.0 Å². The summed E-state index contributed by atoms with van der Waals surface area (Å²) in [6.07, 6.45) is -3.47. The number of benzene rings is 4. The Morgan fingerprint density at radius 1 is 0.780 bits per heavy atom. The number of sulfone groups is 1. The van der Waals surface area contributed by atoms with Gasteiger partial charge in [-0.05, 0) is 41.5 Å². The number of carbonyl (C=O) groups excluding carboxylic acids is 2. The normalized spacial score (nSPS) is 12.3. The Bertz CT molecular complexity index is 1640. The summed E-state index contributed by atoms with van der Waals surface area (Å²) < 4.78 is 64.4. The number of carbonyl (C=O) groups is 2.